The maximum atomic E-state index is 11.7. The number of rotatable bonds is 4. The first kappa shape index (κ1) is 12.5. The summed E-state index contributed by atoms with van der Waals surface area (Å²) in [6.45, 7) is 1.87. The van der Waals surface area contributed by atoms with Crippen molar-refractivity contribution in [3.63, 3.8) is 0 Å². The molecule has 1 aromatic rings. The zero-order valence-corrected chi connectivity index (χ0v) is 10.4. The van der Waals surface area contributed by atoms with E-state index in [9.17, 15) is 9.59 Å². The topological polar surface area (TPSA) is 100 Å². The van der Waals surface area contributed by atoms with E-state index in [1.807, 2.05) is 6.92 Å². The van der Waals surface area contributed by atoms with Crippen LogP contribution in [0.5, 0.6) is 0 Å². The predicted molar refractivity (Wildman–Crippen MR) is 61.6 cm³/mol. The molecule has 8 heteroatoms. The molecule has 2 N–H and O–H groups in total. The van der Waals surface area contributed by atoms with Crippen LogP contribution < -0.4 is 10.6 Å². The molecule has 2 amide bonds. The van der Waals surface area contributed by atoms with E-state index in [-0.39, 0.29) is 30.3 Å². The van der Waals surface area contributed by atoms with E-state index in [0.717, 1.165) is 4.90 Å². The van der Waals surface area contributed by atoms with Crippen LogP contribution in [0.1, 0.15) is 25.3 Å². The highest BCUT2D eigenvalue weighted by atomic mass is 16.4. The Morgan fingerprint density at radius 3 is 2.72 bits per heavy atom. The molecule has 2 rings (SSSR count). The lowest BCUT2D eigenvalue weighted by atomic mass is 10.2. The van der Waals surface area contributed by atoms with Crippen LogP contribution in [0.4, 0.5) is 6.01 Å². The summed E-state index contributed by atoms with van der Waals surface area (Å²) in [6, 6.07) is -0.550. The number of nitrogens with zero attached hydrogens (tertiary/aromatic N) is 3. The normalized spacial score (nSPS) is 21.5. The molecule has 8 nitrogen and oxygen atoms in total. The van der Waals surface area contributed by atoms with E-state index in [2.05, 4.69) is 20.8 Å². The van der Waals surface area contributed by atoms with Gasteiger partial charge in [0.15, 0.2) is 0 Å². The maximum Gasteiger partial charge on any atom is 0.316 e. The van der Waals surface area contributed by atoms with Gasteiger partial charge in [-0.15, -0.1) is 5.10 Å². The second-order valence-electron chi connectivity index (χ2n) is 4.15. The summed E-state index contributed by atoms with van der Waals surface area (Å²) >= 11 is 0. The predicted octanol–water partition coefficient (Wildman–Crippen LogP) is -0.481. The number of hydrogen-bond acceptors (Lipinski definition) is 7. The van der Waals surface area contributed by atoms with Gasteiger partial charge in [0.05, 0.1) is 12.5 Å². The van der Waals surface area contributed by atoms with Gasteiger partial charge in [-0.25, -0.2) is 0 Å². The molecule has 0 bridgehead atoms. The minimum Gasteiger partial charge on any atom is -0.406 e. The van der Waals surface area contributed by atoms with Crippen molar-refractivity contribution in [2.45, 2.75) is 25.4 Å². The summed E-state index contributed by atoms with van der Waals surface area (Å²) in [7, 11) is 3.23. The van der Waals surface area contributed by atoms with Crippen molar-refractivity contribution in [3.05, 3.63) is 5.89 Å². The third-order valence-corrected chi connectivity index (χ3v) is 2.92. The Hall–Kier alpha value is -1.96. The van der Waals surface area contributed by atoms with Crippen molar-refractivity contribution in [1.29, 1.82) is 0 Å². The molecular weight excluding hydrogens is 238 g/mol. The number of carbonyl (C=O) groups excluding carboxylic acids is 2. The molecular formula is C10H15N5O3. The SMILES string of the molecule is CNC(C)c1nnc(NC2CC(=O)N(C)C2=O)o1. The fourth-order valence-corrected chi connectivity index (χ4v) is 1.61. The molecule has 2 heterocycles. The average Bonchev–Trinajstić information content (AvgIpc) is 2.91. The molecule has 2 atom stereocenters. The van der Waals surface area contributed by atoms with Gasteiger partial charge >= 0.3 is 6.01 Å². The van der Waals surface area contributed by atoms with Crippen molar-refractivity contribution < 1.29 is 14.0 Å². The Balaban J connectivity index is 2.04. The number of aromatic nitrogens is 2. The van der Waals surface area contributed by atoms with Gasteiger partial charge in [0.25, 0.3) is 5.91 Å². The van der Waals surface area contributed by atoms with Crippen molar-refractivity contribution >= 4 is 17.8 Å². The smallest absolute Gasteiger partial charge is 0.316 e. The molecule has 18 heavy (non-hydrogen) atoms. The van der Waals surface area contributed by atoms with Crippen LogP contribution in [0.2, 0.25) is 0 Å². The first-order chi connectivity index (χ1) is 8.52. The lowest BCUT2D eigenvalue weighted by Crippen LogP contribution is -2.31. The van der Waals surface area contributed by atoms with Crippen LogP contribution in [0.15, 0.2) is 4.42 Å². The summed E-state index contributed by atoms with van der Waals surface area (Å²) in [5.74, 6) is -0.0904. The Morgan fingerprint density at radius 1 is 1.44 bits per heavy atom. The van der Waals surface area contributed by atoms with Gasteiger partial charge in [0, 0.05) is 7.05 Å². The first-order valence-corrected chi connectivity index (χ1v) is 5.60. The lowest BCUT2D eigenvalue weighted by Gasteiger charge is -2.08. The van der Waals surface area contributed by atoms with Crippen molar-refractivity contribution in [2.75, 3.05) is 19.4 Å². The molecule has 0 saturated carbocycles. The zero-order valence-electron chi connectivity index (χ0n) is 10.4. The van der Waals surface area contributed by atoms with E-state index in [1.165, 1.54) is 7.05 Å². The maximum absolute atomic E-state index is 11.7. The van der Waals surface area contributed by atoms with Crippen molar-refractivity contribution in [2.24, 2.45) is 0 Å². The van der Waals surface area contributed by atoms with Gasteiger partial charge in [-0.05, 0) is 14.0 Å². The number of carbonyl (C=O) groups is 2. The zero-order chi connectivity index (χ0) is 13.3. The fraction of sp³-hybridized carbons (Fsp3) is 0.600. The molecule has 0 radical (unpaired) electrons. The Labute approximate surface area is 104 Å². The summed E-state index contributed by atoms with van der Waals surface area (Å²) in [5, 5.41) is 13.4. The average molecular weight is 253 g/mol. The molecule has 0 spiro atoms. The van der Waals surface area contributed by atoms with E-state index in [4.69, 9.17) is 4.42 Å². The summed E-state index contributed by atoms with van der Waals surface area (Å²) in [6.07, 6.45) is 0.106. The van der Waals surface area contributed by atoms with Crippen molar-refractivity contribution in [3.8, 4) is 0 Å². The van der Waals surface area contributed by atoms with E-state index in [1.54, 1.807) is 7.05 Å². The summed E-state index contributed by atoms with van der Waals surface area (Å²) < 4.78 is 5.34. The monoisotopic (exact) mass is 253 g/mol. The highest BCUT2D eigenvalue weighted by Gasteiger charge is 2.36. The van der Waals surface area contributed by atoms with E-state index < -0.39 is 6.04 Å². The standard InChI is InChI=1S/C10H15N5O3/c1-5(11-2)8-13-14-10(18-8)12-6-4-7(16)15(3)9(6)17/h5-6,11H,4H2,1-3H3,(H,12,14). The van der Waals surface area contributed by atoms with Gasteiger partial charge in [0.1, 0.15) is 6.04 Å². The van der Waals surface area contributed by atoms with Crippen LogP contribution in [-0.2, 0) is 9.59 Å². The van der Waals surface area contributed by atoms with Gasteiger partial charge in [-0.3, -0.25) is 14.5 Å². The second-order valence-corrected chi connectivity index (χ2v) is 4.15. The first-order valence-electron chi connectivity index (χ1n) is 5.60. The molecule has 0 aliphatic carbocycles. The quantitative estimate of drug-likeness (QED) is 0.699. The number of nitrogens with one attached hydrogen (secondary N) is 2. The van der Waals surface area contributed by atoms with Crippen LogP contribution in [0.25, 0.3) is 0 Å². The molecule has 1 aliphatic heterocycles. The van der Waals surface area contributed by atoms with Crippen LogP contribution in [0.3, 0.4) is 0 Å². The fourth-order valence-electron chi connectivity index (χ4n) is 1.61. The Kier molecular flexibility index (Phi) is 3.28. The minimum absolute atomic E-state index is 0.0726. The van der Waals surface area contributed by atoms with E-state index in [0.29, 0.717) is 5.89 Å². The number of amides is 2. The summed E-state index contributed by atoms with van der Waals surface area (Å²) in [5.41, 5.74) is 0. The molecule has 98 valence electrons. The Morgan fingerprint density at radius 2 is 2.17 bits per heavy atom. The number of likely N-dealkylation sites (tertiary alicyclic amines) is 1. The molecule has 1 aromatic heterocycles. The number of hydrogen-bond donors (Lipinski definition) is 2. The summed E-state index contributed by atoms with van der Waals surface area (Å²) in [4.78, 5) is 24.1. The molecule has 1 saturated heterocycles. The largest absolute Gasteiger partial charge is 0.406 e. The van der Waals surface area contributed by atoms with Crippen molar-refractivity contribution in [1.82, 2.24) is 20.4 Å². The van der Waals surface area contributed by atoms with Gasteiger partial charge < -0.3 is 15.1 Å². The van der Waals surface area contributed by atoms with Crippen LogP contribution in [-0.4, -0.2) is 47.0 Å². The second kappa shape index (κ2) is 4.73. The lowest BCUT2D eigenvalue weighted by molar-refractivity contribution is -0.136. The van der Waals surface area contributed by atoms with Gasteiger partial charge in [0.2, 0.25) is 11.8 Å². The number of imide groups is 1. The third-order valence-electron chi connectivity index (χ3n) is 2.92. The third kappa shape index (κ3) is 2.19. The molecule has 2 unspecified atom stereocenters. The number of likely N-dealkylation sites (N-methyl/N-ethyl adjacent to an activating group) is 1. The molecule has 0 aromatic carbocycles. The molecule has 1 aliphatic rings. The van der Waals surface area contributed by atoms with Crippen LogP contribution >= 0.6 is 0 Å². The Bertz CT molecular complexity index is 472. The van der Waals surface area contributed by atoms with Gasteiger partial charge in [-0.2, -0.15) is 0 Å². The molecule has 1 fully saturated rings. The number of anilines is 1. The highest BCUT2D eigenvalue weighted by Crippen LogP contribution is 2.18. The van der Waals surface area contributed by atoms with Crippen LogP contribution in [0, 0.1) is 0 Å². The van der Waals surface area contributed by atoms with E-state index >= 15 is 0 Å². The highest BCUT2D eigenvalue weighted by molar-refractivity contribution is 6.06. The van der Waals surface area contributed by atoms with Gasteiger partial charge in [-0.1, -0.05) is 5.10 Å². The minimum atomic E-state index is -0.624.